The monoisotopic (exact) mass is 426 g/mol. The van der Waals surface area contributed by atoms with Crippen LogP contribution in [-0.4, -0.2) is 17.0 Å². The SMILES string of the molecule is N#C/C(=C\c1ccc(-c2cccc(Cl)c2Cl)o1)C(=O)Nc1ccccc1C(=O)O. The Kier molecular flexibility index (Phi) is 6.03. The highest BCUT2D eigenvalue weighted by molar-refractivity contribution is 6.43. The smallest absolute Gasteiger partial charge is 0.337 e. The van der Waals surface area contributed by atoms with Crippen LogP contribution in [0.25, 0.3) is 17.4 Å². The van der Waals surface area contributed by atoms with E-state index in [4.69, 9.17) is 27.6 Å². The Balaban J connectivity index is 1.87. The molecule has 2 aromatic carbocycles. The van der Waals surface area contributed by atoms with Crippen LogP contribution < -0.4 is 5.32 Å². The molecular formula is C21H12Cl2N2O4. The van der Waals surface area contributed by atoms with Gasteiger partial charge in [0.05, 0.1) is 21.3 Å². The lowest BCUT2D eigenvalue weighted by Gasteiger charge is -2.07. The molecule has 144 valence electrons. The molecule has 0 radical (unpaired) electrons. The third kappa shape index (κ3) is 4.49. The van der Waals surface area contributed by atoms with E-state index in [2.05, 4.69) is 5.32 Å². The average molecular weight is 427 g/mol. The van der Waals surface area contributed by atoms with Crippen LogP contribution in [0.15, 0.2) is 64.6 Å². The van der Waals surface area contributed by atoms with Gasteiger partial charge in [0.2, 0.25) is 0 Å². The lowest BCUT2D eigenvalue weighted by Crippen LogP contribution is -2.16. The predicted molar refractivity (Wildman–Crippen MR) is 110 cm³/mol. The van der Waals surface area contributed by atoms with Crippen LogP contribution in [0.2, 0.25) is 10.0 Å². The molecule has 0 aliphatic rings. The number of carboxylic acid groups (broad SMARTS) is 1. The first kappa shape index (κ1) is 20.2. The molecule has 3 aromatic rings. The molecule has 0 saturated carbocycles. The number of aromatic carboxylic acids is 1. The number of para-hydroxylation sites is 1. The van der Waals surface area contributed by atoms with Crippen molar-refractivity contribution < 1.29 is 19.1 Å². The zero-order valence-corrected chi connectivity index (χ0v) is 16.2. The van der Waals surface area contributed by atoms with Crippen LogP contribution in [0.4, 0.5) is 5.69 Å². The van der Waals surface area contributed by atoms with E-state index in [1.807, 2.05) is 0 Å². The number of rotatable bonds is 5. The van der Waals surface area contributed by atoms with Crippen molar-refractivity contribution in [1.29, 1.82) is 5.26 Å². The van der Waals surface area contributed by atoms with Crippen LogP contribution in [0.3, 0.4) is 0 Å². The normalized spacial score (nSPS) is 11.0. The van der Waals surface area contributed by atoms with E-state index in [1.54, 1.807) is 42.5 Å². The van der Waals surface area contributed by atoms with E-state index in [0.29, 0.717) is 21.4 Å². The number of amides is 1. The molecule has 0 unspecified atom stereocenters. The Labute approximate surface area is 175 Å². The summed E-state index contributed by atoms with van der Waals surface area (Å²) in [5, 5.41) is 21.7. The van der Waals surface area contributed by atoms with Gasteiger partial charge in [0, 0.05) is 11.6 Å². The minimum Gasteiger partial charge on any atom is -0.478 e. The number of anilines is 1. The molecule has 8 heteroatoms. The molecule has 0 fully saturated rings. The van der Waals surface area contributed by atoms with Gasteiger partial charge in [0.15, 0.2) is 0 Å². The number of carbonyl (C=O) groups excluding carboxylic acids is 1. The first-order valence-corrected chi connectivity index (χ1v) is 8.96. The molecule has 0 atom stereocenters. The van der Waals surface area contributed by atoms with E-state index in [9.17, 15) is 20.0 Å². The second kappa shape index (κ2) is 8.65. The number of carbonyl (C=O) groups is 2. The van der Waals surface area contributed by atoms with Crippen molar-refractivity contribution in [2.75, 3.05) is 5.32 Å². The summed E-state index contributed by atoms with van der Waals surface area (Å²) in [5.41, 5.74) is 0.298. The van der Waals surface area contributed by atoms with E-state index in [0.717, 1.165) is 0 Å². The number of nitrogens with one attached hydrogen (secondary N) is 1. The summed E-state index contributed by atoms with van der Waals surface area (Å²) in [6.45, 7) is 0. The van der Waals surface area contributed by atoms with E-state index < -0.39 is 11.9 Å². The van der Waals surface area contributed by atoms with Crippen LogP contribution >= 0.6 is 23.2 Å². The third-order valence-corrected chi connectivity index (χ3v) is 4.72. The number of benzene rings is 2. The van der Waals surface area contributed by atoms with Gasteiger partial charge >= 0.3 is 5.97 Å². The summed E-state index contributed by atoms with van der Waals surface area (Å²) < 4.78 is 5.66. The summed E-state index contributed by atoms with van der Waals surface area (Å²) in [4.78, 5) is 23.7. The molecule has 0 aliphatic heterocycles. The Bertz CT molecular complexity index is 1180. The van der Waals surface area contributed by atoms with Crippen molar-refractivity contribution in [3.05, 3.63) is 81.5 Å². The Morgan fingerprint density at radius 2 is 1.83 bits per heavy atom. The summed E-state index contributed by atoms with van der Waals surface area (Å²) >= 11 is 12.2. The molecule has 1 aromatic heterocycles. The molecule has 2 N–H and O–H groups in total. The summed E-state index contributed by atoms with van der Waals surface area (Å²) in [5.74, 6) is -1.30. The molecular weight excluding hydrogens is 415 g/mol. The average Bonchev–Trinajstić information content (AvgIpc) is 3.16. The number of hydrogen-bond donors (Lipinski definition) is 2. The minimum absolute atomic E-state index is 0.0805. The van der Waals surface area contributed by atoms with Crippen LogP contribution in [0.1, 0.15) is 16.1 Å². The van der Waals surface area contributed by atoms with Gasteiger partial charge in [-0.1, -0.05) is 41.4 Å². The van der Waals surface area contributed by atoms with Gasteiger partial charge in [-0.2, -0.15) is 5.26 Å². The molecule has 0 bridgehead atoms. The van der Waals surface area contributed by atoms with Crippen molar-refractivity contribution in [3.8, 4) is 17.4 Å². The quantitative estimate of drug-likeness (QED) is 0.414. The zero-order chi connectivity index (χ0) is 21.0. The number of nitriles is 1. The predicted octanol–water partition coefficient (Wildman–Crippen LogP) is 5.50. The lowest BCUT2D eigenvalue weighted by molar-refractivity contribution is -0.112. The highest BCUT2D eigenvalue weighted by Crippen LogP contribution is 2.34. The maximum atomic E-state index is 12.4. The topological polar surface area (TPSA) is 103 Å². The van der Waals surface area contributed by atoms with Gasteiger partial charge in [0.25, 0.3) is 5.91 Å². The summed E-state index contributed by atoms with van der Waals surface area (Å²) in [6.07, 6.45) is 1.25. The van der Waals surface area contributed by atoms with Gasteiger partial charge in [0.1, 0.15) is 23.2 Å². The number of nitrogens with zero attached hydrogens (tertiary/aromatic N) is 1. The number of furan rings is 1. The largest absolute Gasteiger partial charge is 0.478 e. The van der Waals surface area contributed by atoms with Gasteiger partial charge in [-0.25, -0.2) is 4.79 Å². The number of hydrogen-bond acceptors (Lipinski definition) is 4. The van der Waals surface area contributed by atoms with Gasteiger partial charge in [-0.05, 0) is 36.4 Å². The maximum absolute atomic E-state index is 12.4. The number of halogens is 2. The van der Waals surface area contributed by atoms with Crippen LogP contribution in [0.5, 0.6) is 0 Å². The van der Waals surface area contributed by atoms with Crippen molar-refractivity contribution >= 4 is 46.8 Å². The van der Waals surface area contributed by atoms with Crippen molar-refractivity contribution in [1.82, 2.24) is 0 Å². The second-order valence-corrected chi connectivity index (χ2v) is 6.56. The van der Waals surface area contributed by atoms with Crippen molar-refractivity contribution in [2.24, 2.45) is 0 Å². The van der Waals surface area contributed by atoms with Gasteiger partial charge in [-0.3, -0.25) is 4.79 Å². The van der Waals surface area contributed by atoms with Crippen molar-refractivity contribution in [3.63, 3.8) is 0 Å². The molecule has 3 rings (SSSR count). The minimum atomic E-state index is -1.20. The fourth-order valence-electron chi connectivity index (χ4n) is 2.53. The van der Waals surface area contributed by atoms with E-state index in [1.165, 1.54) is 24.3 Å². The molecule has 6 nitrogen and oxygen atoms in total. The first-order valence-electron chi connectivity index (χ1n) is 8.20. The van der Waals surface area contributed by atoms with E-state index in [-0.39, 0.29) is 22.6 Å². The molecule has 0 saturated heterocycles. The maximum Gasteiger partial charge on any atom is 0.337 e. The third-order valence-electron chi connectivity index (χ3n) is 3.90. The highest BCUT2D eigenvalue weighted by atomic mass is 35.5. The zero-order valence-electron chi connectivity index (χ0n) is 14.6. The van der Waals surface area contributed by atoms with Crippen LogP contribution in [-0.2, 0) is 4.79 Å². The van der Waals surface area contributed by atoms with Gasteiger partial charge in [-0.15, -0.1) is 0 Å². The molecule has 0 aliphatic carbocycles. The standard InChI is InChI=1S/C21H12Cl2N2O4/c22-16-6-3-5-15(19(16)23)18-9-8-13(29-18)10-12(11-24)20(26)25-17-7-2-1-4-14(17)21(27)28/h1-10H,(H,25,26)(H,27,28)/b12-10+. The first-order chi connectivity index (χ1) is 13.9. The summed E-state index contributed by atoms with van der Waals surface area (Å²) in [6, 6.07) is 16.0. The van der Waals surface area contributed by atoms with Gasteiger partial charge < -0.3 is 14.8 Å². The molecule has 29 heavy (non-hydrogen) atoms. The fourth-order valence-corrected chi connectivity index (χ4v) is 2.92. The second-order valence-electron chi connectivity index (χ2n) is 5.78. The Morgan fingerprint density at radius 3 is 2.55 bits per heavy atom. The summed E-state index contributed by atoms with van der Waals surface area (Å²) in [7, 11) is 0. The molecule has 1 heterocycles. The molecule has 1 amide bonds. The van der Waals surface area contributed by atoms with Crippen molar-refractivity contribution in [2.45, 2.75) is 0 Å². The highest BCUT2D eigenvalue weighted by Gasteiger charge is 2.16. The fraction of sp³-hybridized carbons (Fsp3) is 0. The Hall–Kier alpha value is -3.53. The Morgan fingerprint density at radius 1 is 1.07 bits per heavy atom. The molecule has 0 spiro atoms. The van der Waals surface area contributed by atoms with E-state index >= 15 is 0 Å². The number of carboxylic acids is 1. The lowest BCUT2D eigenvalue weighted by atomic mass is 10.1. The van der Waals surface area contributed by atoms with Crippen LogP contribution in [0, 0.1) is 11.3 Å².